The van der Waals surface area contributed by atoms with Crippen molar-refractivity contribution in [1.29, 1.82) is 0 Å². The van der Waals surface area contributed by atoms with Crippen LogP contribution in [-0.4, -0.2) is 47.9 Å². The van der Waals surface area contributed by atoms with E-state index >= 15 is 0 Å². The highest BCUT2D eigenvalue weighted by Crippen LogP contribution is 2.36. The molecule has 0 atom stereocenters. The van der Waals surface area contributed by atoms with Crippen molar-refractivity contribution in [3.63, 3.8) is 0 Å². The van der Waals surface area contributed by atoms with E-state index in [9.17, 15) is 14.4 Å². The normalized spacial score (nSPS) is 10.9. The molecule has 9 heteroatoms. The number of ether oxygens (including phenoxy) is 1. The number of aromatic nitrogens is 1. The predicted octanol–water partition coefficient (Wildman–Crippen LogP) is 5.85. The molecule has 0 bridgehead atoms. The Hall–Kier alpha value is -3.56. The number of methoxy groups -OCH3 is 1. The van der Waals surface area contributed by atoms with Crippen molar-refractivity contribution in [2.45, 2.75) is 20.8 Å². The Morgan fingerprint density at radius 1 is 1.09 bits per heavy atom. The van der Waals surface area contributed by atoms with E-state index in [1.54, 1.807) is 17.9 Å². The van der Waals surface area contributed by atoms with Gasteiger partial charge in [-0.3, -0.25) is 9.59 Å². The van der Waals surface area contributed by atoms with E-state index in [2.05, 4.69) is 5.32 Å². The van der Waals surface area contributed by atoms with Crippen molar-refractivity contribution in [3.8, 4) is 10.6 Å². The van der Waals surface area contributed by atoms with Crippen LogP contribution in [0.5, 0.6) is 0 Å². The van der Waals surface area contributed by atoms with Crippen LogP contribution in [-0.2, 0) is 4.74 Å². The van der Waals surface area contributed by atoms with Gasteiger partial charge in [0.05, 0.1) is 39.2 Å². The van der Waals surface area contributed by atoms with Gasteiger partial charge in [-0.15, -0.1) is 22.7 Å². The maximum atomic E-state index is 13.6. The summed E-state index contributed by atoms with van der Waals surface area (Å²) in [5, 5.41) is 5.82. The zero-order valence-corrected chi connectivity index (χ0v) is 21.5. The third kappa shape index (κ3) is 4.69. The zero-order chi connectivity index (χ0) is 25.1. The Balaban J connectivity index is 1.79. The summed E-state index contributed by atoms with van der Waals surface area (Å²) in [6, 6.07) is 13.1. The van der Waals surface area contributed by atoms with Gasteiger partial charge < -0.3 is 15.0 Å². The standard InChI is InChI=1S/C26H25N3O4S2/c1-5-29(6-2)25(31)22-15(3)21(26(32)33-4)24(35-22)28-23(30)17-14-19(20-12-9-13-34-20)27-18-11-8-7-10-16(17)18/h7-14H,5-6H2,1-4H3,(H,28,30). The monoisotopic (exact) mass is 507 g/mol. The third-order valence-corrected chi connectivity index (χ3v) is 7.83. The fraction of sp³-hybridized carbons (Fsp3) is 0.231. The molecule has 0 saturated heterocycles. The second-order valence-corrected chi connectivity index (χ2v) is 9.70. The van der Waals surface area contributed by atoms with Crippen LogP contribution in [0.15, 0.2) is 47.8 Å². The molecule has 35 heavy (non-hydrogen) atoms. The topological polar surface area (TPSA) is 88.6 Å². The first-order valence-corrected chi connectivity index (χ1v) is 12.8. The number of para-hydroxylation sites is 1. The van der Waals surface area contributed by atoms with Crippen LogP contribution in [0, 0.1) is 6.92 Å². The van der Waals surface area contributed by atoms with Crippen molar-refractivity contribution >= 4 is 56.4 Å². The van der Waals surface area contributed by atoms with Crippen molar-refractivity contribution < 1.29 is 19.1 Å². The average Bonchev–Trinajstić information content (AvgIpc) is 3.52. The minimum atomic E-state index is -0.605. The van der Waals surface area contributed by atoms with Crippen molar-refractivity contribution in [2.24, 2.45) is 0 Å². The maximum absolute atomic E-state index is 13.6. The highest BCUT2D eigenvalue weighted by atomic mass is 32.1. The summed E-state index contributed by atoms with van der Waals surface area (Å²) in [4.78, 5) is 47.0. The lowest BCUT2D eigenvalue weighted by Gasteiger charge is -2.17. The summed E-state index contributed by atoms with van der Waals surface area (Å²) in [6.45, 7) is 6.57. The Bertz CT molecular complexity index is 1410. The minimum Gasteiger partial charge on any atom is -0.465 e. The molecule has 0 aliphatic heterocycles. The van der Waals surface area contributed by atoms with Gasteiger partial charge in [0.2, 0.25) is 0 Å². The molecule has 0 fully saturated rings. The van der Waals surface area contributed by atoms with Crippen LogP contribution in [0.25, 0.3) is 21.5 Å². The first-order chi connectivity index (χ1) is 16.9. The van der Waals surface area contributed by atoms with Gasteiger partial charge in [-0.25, -0.2) is 9.78 Å². The Labute approximate surface area is 211 Å². The van der Waals surface area contributed by atoms with Gasteiger partial charge in [0, 0.05) is 18.5 Å². The molecular weight excluding hydrogens is 482 g/mol. The van der Waals surface area contributed by atoms with E-state index in [1.807, 2.05) is 55.6 Å². The highest BCUT2D eigenvalue weighted by molar-refractivity contribution is 7.18. The van der Waals surface area contributed by atoms with Crippen molar-refractivity contribution in [1.82, 2.24) is 9.88 Å². The van der Waals surface area contributed by atoms with E-state index in [0.717, 1.165) is 16.2 Å². The second-order valence-electron chi connectivity index (χ2n) is 7.73. The molecule has 1 N–H and O–H groups in total. The molecule has 4 aromatic rings. The zero-order valence-electron chi connectivity index (χ0n) is 19.9. The number of pyridine rings is 1. The maximum Gasteiger partial charge on any atom is 0.341 e. The number of thiophene rings is 2. The number of nitrogens with one attached hydrogen (secondary N) is 1. The molecule has 0 aliphatic carbocycles. The van der Waals surface area contributed by atoms with Gasteiger partial charge in [0.1, 0.15) is 5.00 Å². The van der Waals surface area contributed by atoms with Gasteiger partial charge in [0.25, 0.3) is 11.8 Å². The lowest BCUT2D eigenvalue weighted by atomic mass is 10.1. The Morgan fingerprint density at radius 2 is 1.83 bits per heavy atom. The van der Waals surface area contributed by atoms with Gasteiger partial charge in [-0.1, -0.05) is 24.3 Å². The number of carbonyl (C=O) groups excluding carboxylic acids is 3. The number of nitrogens with zero attached hydrogens (tertiary/aromatic N) is 2. The number of carbonyl (C=O) groups is 3. The first kappa shape index (κ1) is 24.6. The third-order valence-electron chi connectivity index (χ3n) is 5.74. The van der Waals surface area contributed by atoms with E-state index in [0.29, 0.717) is 45.7 Å². The average molecular weight is 508 g/mol. The van der Waals surface area contributed by atoms with Crippen LogP contribution < -0.4 is 5.32 Å². The quantitative estimate of drug-likeness (QED) is 0.317. The summed E-state index contributed by atoms with van der Waals surface area (Å²) in [5.41, 5.74) is 2.50. The largest absolute Gasteiger partial charge is 0.465 e. The number of anilines is 1. The molecule has 2 amide bonds. The molecular formula is C26H25N3O4S2. The molecule has 0 aliphatic rings. The Morgan fingerprint density at radius 3 is 2.49 bits per heavy atom. The fourth-order valence-electron chi connectivity index (χ4n) is 3.89. The van der Waals surface area contributed by atoms with Gasteiger partial charge >= 0.3 is 5.97 Å². The van der Waals surface area contributed by atoms with E-state index < -0.39 is 11.9 Å². The molecule has 180 valence electrons. The number of rotatable bonds is 7. The first-order valence-electron chi connectivity index (χ1n) is 11.2. The highest BCUT2D eigenvalue weighted by Gasteiger charge is 2.28. The number of hydrogen-bond acceptors (Lipinski definition) is 7. The summed E-state index contributed by atoms with van der Waals surface area (Å²) in [5.74, 6) is -1.18. The molecule has 0 radical (unpaired) electrons. The second kappa shape index (κ2) is 10.4. The van der Waals surface area contributed by atoms with Gasteiger partial charge in [-0.05, 0) is 49.9 Å². The predicted molar refractivity (Wildman–Crippen MR) is 141 cm³/mol. The lowest BCUT2D eigenvalue weighted by Crippen LogP contribution is -2.30. The summed E-state index contributed by atoms with van der Waals surface area (Å²) < 4.78 is 4.97. The number of fused-ring (bicyclic) bond motifs is 1. The molecule has 0 unspecified atom stereocenters. The SMILES string of the molecule is CCN(CC)C(=O)c1sc(NC(=O)c2cc(-c3cccs3)nc3ccccc23)c(C(=O)OC)c1C. The van der Waals surface area contributed by atoms with Crippen LogP contribution in [0.3, 0.4) is 0 Å². The smallest absolute Gasteiger partial charge is 0.341 e. The fourth-order valence-corrected chi connectivity index (χ4v) is 5.74. The molecule has 1 aromatic carbocycles. The molecule has 3 heterocycles. The van der Waals surface area contributed by atoms with Crippen LogP contribution in [0.4, 0.5) is 5.00 Å². The minimum absolute atomic E-state index is 0.183. The van der Waals surface area contributed by atoms with E-state index in [4.69, 9.17) is 9.72 Å². The number of amides is 2. The number of benzene rings is 1. The molecule has 4 rings (SSSR count). The van der Waals surface area contributed by atoms with E-state index in [1.165, 1.54) is 18.4 Å². The van der Waals surface area contributed by atoms with Crippen molar-refractivity contribution in [2.75, 3.05) is 25.5 Å². The summed E-state index contributed by atoms with van der Waals surface area (Å²) in [7, 11) is 1.28. The van der Waals surface area contributed by atoms with Gasteiger partial charge in [0.15, 0.2) is 0 Å². The van der Waals surface area contributed by atoms with E-state index in [-0.39, 0.29) is 16.5 Å². The molecule has 7 nitrogen and oxygen atoms in total. The molecule has 3 aromatic heterocycles. The summed E-state index contributed by atoms with van der Waals surface area (Å²) >= 11 is 2.63. The van der Waals surface area contributed by atoms with Crippen molar-refractivity contribution in [3.05, 3.63) is 69.4 Å². The Kier molecular flexibility index (Phi) is 7.28. The van der Waals surface area contributed by atoms with Crippen LogP contribution in [0.1, 0.15) is 49.8 Å². The lowest BCUT2D eigenvalue weighted by molar-refractivity contribution is 0.0601. The number of hydrogen-bond donors (Lipinski definition) is 1. The van der Waals surface area contributed by atoms with Crippen LogP contribution in [0.2, 0.25) is 0 Å². The molecule has 0 spiro atoms. The van der Waals surface area contributed by atoms with Gasteiger partial charge in [-0.2, -0.15) is 0 Å². The van der Waals surface area contributed by atoms with Crippen LogP contribution >= 0.6 is 22.7 Å². The summed E-state index contributed by atoms with van der Waals surface area (Å²) in [6.07, 6.45) is 0. The number of esters is 1. The molecule has 0 saturated carbocycles.